The summed E-state index contributed by atoms with van der Waals surface area (Å²) in [5.41, 5.74) is 1.95. The smallest absolute Gasteiger partial charge is 0.0797 e. The first-order valence-electron chi connectivity index (χ1n) is 3.18. The van der Waals surface area contributed by atoms with Gasteiger partial charge >= 0.3 is 0 Å². The van der Waals surface area contributed by atoms with Crippen molar-refractivity contribution < 1.29 is 4.74 Å². The maximum atomic E-state index is 5.26. The van der Waals surface area contributed by atoms with E-state index in [4.69, 9.17) is 4.74 Å². The predicted octanol–water partition coefficient (Wildman–Crippen LogP) is 0.776. The Balaban J connectivity index is 2.10. The highest BCUT2D eigenvalue weighted by atomic mass is 32.2. The van der Waals surface area contributed by atoms with E-state index in [1.807, 2.05) is 5.55 Å². The van der Waals surface area contributed by atoms with Crippen molar-refractivity contribution in [1.82, 2.24) is 0 Å². The number of rotatable bonds is 0. The lowest BCUT2D eigenvalue weighted by Crippen LogP contribution is -2.21. The molecule has 3 heteroatoms. The molecule has 2 aliphatic rings. The van der Waals surface area contributed by atoms with Gasteiger partial charge in [-0.25, -0.2) is 0 Å². The van der Waals surface area contributed by atoms with E-state index in [0.29, 0.717) is 12.0 Å². The number of nitrogens with zero attached hydrogens (tertiary/aromatic N) is 1. The predicted molar refractivity (Wildman–Crippen MR) is 39.0 cm³/mol. The van der Waals surface area contributed by atoms with Crippen LogP contribution in [0.2, 0.25) is 0 Å². The third-order valence-electron chi connectivity index (χ3n) is 1.80. The normalized spacial score (nSPS) is 40.9. The summed E-state index contributed by atoms with van der Waals surface area (Å²) in [6, 6.07) is 0.492. The molecule has 50 valence electrons. The van der Waals surface area contributed by atoms with Gasteiger partial charge in [-0.15, -0.1) is 11.8 Å². The Morgan fingerprint density at radius 3 is 3.44 bits per heavy atom. The van der Waals surface area contributed by atoms with Crippen molar-refractivity contribution in [3.63, 3.8) is 0 Å². The summed E-state index contributed by atoms with van der Waals surface area (Å²) in [6.07, 6.45) is 0. The van der Waals surface area contributed by atoms with Gasteiger partial charge in [-0.05, 0) is 0 Å². The molecule has 0 aromatic heterocycles. The monoisotopic (exact) mass is 143 g/mol. The highest BCUT2D eigenvalue weighted by Crippen LogP contribution is 2.24. The lowest BCUT2D eigenvalue weighted by Gasteiger charge is -2.15. The number of ether oxygens (including phenoxy) is 1. The third kappa shape index (κ3) is 0.990. The Morgan fingerprint density at radius 1 is 1.56 bits per heavy atom. The fraction of sp³-hybridized carbons (Fsp3) is 0.833. The summed E-state index contributed by atoms with van der Waals surface area (Å²) in [7, 11) is 0. The Bertz CT molecular complexity index is 137. The molecule has 0 spiro atoms. The molecule has 0 bridgehead atoms. The second-order valence-electron chi connectivity index (χ2n) is 2.45. The maximum Gasteiger partial charge on any atom is 0.0797 e. The van der Waals surface area contributed by atoms with Gasteiger partial charge in [-0.3, -0.25) is 4.99 Å². The third-order valence-corrected chi connectivity index (χ3v) is 2.69. The standard InChI is InChI=1S/C6H9NOS/c1-5-3-9-4-7-6(5)2-8-1/h4-6H,1-3H2. The van der Waals surface area contributed by atoms with Gasteiger partial charge in [0, 0.05) is 11.7 Å². The van der Waals surface area contributed by atoms with Gasteiger partial charge in [0.05, 0.1) is 24.8 Å². The molecule has 1 fully saturated rings. The van der Waals surface area contributed by atoms with E-state index < -0.39 is 0 Å². The second-order valence-corrected chi connectivity index (χ2v) is 3.33. The van der Waals surface area contributed by atoms with Gasteiger partial charge in [0.2, 0.25) is 0 Å². The lowest BCUT2D eigenvalue weighted by atomic mass is 10.1. The minimum Gasteiger partial charge on any atom is -0.379 e. The summed E-state index contributed by atoms with van der Waals surface area (Å²) in [4.78, 5) is 4.30. The fourth-order valence-electron chi connectivity index (χ4n) is 1.20. The molecule has 2 aliphatic heterocycles. The van der Waals surface area contributed by atoms with E-state index in [2.05, 4.69) is 4.99 Å². The molecule has 0 amide bonds. The Hall–Kier alpha value is -0.0200. The minimum absolute atomic E-state index is 0.492. The van der Waals surface area contributed by atoms with E-state index in [1.165, 1.54) is 5.75 Å². The minimum atomic E-state index is 0.492. The van der Waals surface area contributed by atoms with Crippen LogP contribution in [-0.2, 0) is 4.74 Å². The largest absolute Gasteiger partial charge is 0.379 e. The average Bonchev–Trinajstić information content (AvgIpc) is 2.33. The van der Waals surface area contributed by atoms with Crippen molar-refractivity contribution in [1.29, 1.82) is 0 Å². The Labute approximate surface area is 58.7 Å². The van der Waals surface area contributed by atoms with Gasteiger partial charge in [0.1, 0.15) is 0 Å². The molecule has 0 aromatic rings. The molecular weight excluding hydrogens is 134 g/mol. The van der Waals surface area contributed by atoms with Crippen LogP contribution < -0.4 is 0 Å². The molecule has 2 unspecified atom stereocenters. The molecule has 0 aromatic carbocycles. The summed E-state index contributed by atoms with van der Waals surface area (Å²) >= 11 is 1.80. The van der Waals surface area contributed by atoms with Crippen LogP contribution in [0.15, 0.2) is 4.99 Å². The zero-order chi connectivity index (χ0) is 6.10. The quantitative estimate of drug-likeness (QED) is 0.499. The number of aliphatic imine (C=N–C) groups is 1. The first kappa shape index (κ1) is 5.74. The molecule has 2 atom stereocenters. The van der Waals surface area contributed by atoms with Crippen molar-refractivity contribution in [2.45, 2.75) is 6.04 Å². The van der Waals surface area contributed by atoms with Crippen LogP contribution in [0.3, 0.4) is 0 Å². The SMILES string of the molecule is C1=NC2COCC2CS1. The Kier molecular flexibility index (Phi) is 1.47. The first-order chi connectivity index (χ1) is 4.47. The molecule has 0 radical (unpaired) electrons. The van der Waals surface area contributed by atoms with Crippen LogP contribution in [0, 0.1) is 5.92 Å². The van der Waals surface area contributed by atoms with Crippen molar-refractivity contribution in [3.05, 3.63) is 0 Å². The molecular formula is C6H9NOS. The molecule has 2 heterocycles. The van der Waals surface area contributed by atoms with E-state index in [9.17, 15) is 0 Å². The number of hydrogen-bond acceptors (Lipinski definition) is 3. The molecule has 2 nitrogen and oxygen atoms in total. The van der Waals surface area contributed by atoms with Crippen LogP contribution in [0.4, 0.5) is 0 Å². The fourth-order valence-corrected chi connectivity index (χ4v) is 2.09. The average molecular weight is 143 g/mol. The van der Waals surface area contributed by atoms with Crippen molar-refractivity contribution in [3.8, 4) is 0 Å². The molecule has 2 rings (SSSR count). The summed E-state index contributed by atoms with van der Waals surface area (Å²) in [5.74, 6) is 1.91. The topological polar surface area (TPSA) is 21.6 Å². The van der Waals surface area contributed by atoms with Gasteiger partial charge in [0.15, 0.2) is 0 Å². The number of thioether (sulfide) groups is 1. The summed E-state index contributed by atoms with van der Waals surface area (Å²) in [5, 5.41) is 0. The van der Waals surface area contributed by atoms with Crippen LogP contribution in [0.25, 0.3) is 0 Å². The van der Waals surface area contributed by atoms with Gasteiger partial charge in [0.25, 0.3) is 0 Å². The van der Waals surface area contributed by atoms with Crippen molar-refractivity contribution >= 4 is 17.3 Å². The van der Waals surface area contributed by atoms with Gasteiger partial charge in [-0.1, -0.05) is 0 Å². The number of fused-ring (bicyclic) bond motifs is 1. The molecule has 9 heavy (non-hydrogen) atoms. The molecule has 0 aliphatic carbocycles. The molecule has 0 N–H and O–H groups in total. The van der Waals surface area contributed by atoms with Gasteiger partial charge in [-0.2, -0.15) is 0 Å². The molecule has 1 saturated heterocycles. The van der Waals surface area contributed by atoms with E-state index in [1.54, 1.807) is 11.8 Å². The van der Waals surface area contributed by atoms with Gasteiger partial charge < -0.3 is 4.74 Å². The highest BCUT2D eigenvalue weighted by Gasteiger charge is 2.28. The number of hydrogen-bond donors (Lipinski definition) is 0. The lowest BCUT2D eigenvalue weighted by molar-refractivity contribution is 0.187. The Morgan fingerprint density at radius 2 is 2.56 bits per heavy atom. The summed E-state index contributed by atoms with van der Waals surface area (Å²) in [6.45, 7) is 1.77. The zero-order valence-electron chi connectivity index (χ0n) is 5.12. The van der Waals surface area contributed by atoms with Crippen molar-refractivity contribution in [2.24, 2.45) is 10.9 Å². The van der Waals surface area contributed by atoms with E-state index in [0.717, 1.165) is 13.2 Å². The van der Waals surface area contributed by atoms with E-state index in [-0.39, 0.29) is 0 Å². The van der Waals surface area contributed by atoms with Crippen LogP contribution >= 0.6 is 11.8 Å². The zero-order valence-corrected chi connectivity index (χ0v) is 5.93. The van der Waals surface area contributed by atoms with Crippen LogP contribution in [-0.4, -0.2) is 30.6 Å². The van der Waals surface area contributed by atoms with E-state index >= 15 is 0 Å². The second kappa shape index (κ2) is 2.31. The van der Waals surface area contributed by atoms with Crippen LogP contribution in [0.1, 0.15) is 0 Å². The van der Waals surface area contributed by atoms with Crippen LogP contribution in [0.5, 0.6) is 0 Å². The first-order valence-corrected chi connectivity index (χ1v) is 4.22. The van der Waals surface area contributed by atoms with Crippen molar-refractivity contribution in [2.75, 3.05) is 19.0 Å². The molecule has 0 saturated carbocycles. The summed E-state index contributed by atoms with van der Waals surface area (Å²) < 4.78 is 5.26. The maximum absolute atomic E-state index is 5.26. The highest BCUT2D eigenvalue weighted by molar-refractivity contribution is 8.12.